The Labute approximate surface area is 200 Å². The van der Waals surface area contributed by atoms with Crippen molar-refractivity contribution in [1.82, 2.24) is 0 Å². The quantitative estimate of drug-likeness (QED) is 0.498. The summed E-state index contributed by atoms with van der Waals surface area (Å²) >= 11 is 0. The van der Waals surface area contributed by atoms with E-state index in [1.165, 1.54) is 17.7 Å². The van der Waals surface area contributed by atoms with E-state index in [4.69, 9.17) is 4.74 Å². The van der Waals surface area contributed by atoms with Crippen LogP contribution in [0.4, 0.5) is 11.4 Å². The van der Waals surface area contributed by atoms with Crippen LogP contribution in [-0.4, -0.2) is 33.7 Å². The molecule has 0 spiro atoms. The predicted molar refractivity (Wildman–Crippen MR) is 134 cm³/mol. The number of hydrogen-bond donors (Lipinski definition) is 1. The topological polar surface area (TPSA) is 92.8 Å². The number of hydrogen-bond acceptors (Lipinski definition) is 5. The molecule has 0 aliphatic heterocycles. The van der Waals surface area contributed by atoms with E-state index in [1.54, 1.807) is 49.4 Å². The normalized spacial score (nSPS) is 11.1. The molecule has 0 fully saturated rings. The van der Waals surface area contributed by atoms with Crippen LogP contribution in [0.15, 0.2) is 60.7 Å². The lowest BCUT2D eigenvalue weighted by Crippen LogP contribution is -2.30. The Hall–Kier alpha value is -3.65. The maximum atomic E-state index is 12.8. The lowest BCUT2D eigenvalue weighted by atomic mass is 10.1. The molecule has 3 rings (SSSR count). The fraction of sp³-hybridized carbons (Fsp3) is 0.231. The maximum absolute atomic E-state index is 12.8. The van der Waals surface area contributed by atoms with Crippen LogP contribution in [0.2, 0.25) is 0 Å². The van der Waals surface area contributed by atoms with E-state index < -0.39 is 16.0 Å². The summed E-state index contributed by atoms with van der Waals surface area (Å²) < 4.78 is 31.2. The smallest absolute Gasteiger partial charge is 0.338 e. The minimum atomic E-state index is -3.52. The van der Waals surface area contributed by atoms with Gasteiger partial charge in [0.05, 0.1) is 31.2 Å². The summed E-state index contributed by atoms with van der Waals surface area (Å²) in [5.74, 6) is -0.816. The molecule has 0 unspecified atom stereocenters. The molecule has 7 nitrogen and oxygen atoms in total. The second kappa shape index (κ2) is 10.1. The molecule has 0 saturated heterocycles. The Bertz CT molecular complexity index is 1330. The zero-order valence-electron chi connectivity index (χ0n) is 19.9. The Kier molecular flexibility index (Phi) is 7.41. The average Bonchev–Trinajstić information content (AvgIpc) is 2.79. The van der Waals surface area contributed by atoms with Gasteiger partial charge in [0.2, 0.25) is 10.0 Å². The number of carbonyl (C=O) groups excluding carboxylic acids is 2. The Morgan fingerprint density at radius 2 is 1.65 bits per heavy atom. The van der Waals surface area contributed by atoms with Crippen LogP contribution in [0, 0.1) is 20.8 Å². The second-order valence-corrected chi connectivity index (χ2v) is 10.1. The number of nitrogens with one attached hydrogen (secondary N) is 1. The summed E-state index contributed by atoms with van der Waals surface area (Å²) in [4.78, 5) is 24.7. The van der Waals surface area contributed by atoms with Gasteiger partial charge in [0.25, 0.3) is 5.91 Å². The molecule has 0 bridgehead atoms. The highest BCUT2D eigenvalue weighted by Crippen LogP contribution is 2.26. The molecule has 8 heteroatoms. The molecule has 0 saturated carbocycles. The number of benzene rings is 3. The number of aryl methyl sites for hydroxylation is 2. The number of carbonyl (C=O) groups is 2. The molecule has 3 aromatic carbocycles. The lowest BCUT2D eigenvalue weighted by Gasteiger charge is -2.25. The Balaban J connectivity index is 1.81. The van der Waals surface area contributed by atoms with Crippen molar-refractivity contribution in [2.45, 2.75) is 27.3 Å². The van der Waals surface area contributed by atoms with Gasteiger partial charge < -0.3 is 10.1 Å². The van der Waals surface area contributed by atoms with Crippen molar-refractivity contribution in [3.63, 3.8) is 0 Å². The van der Waals surface area contributed by atoms with Crippen LogP contribution in [0.1, 0.15) is 43.0 Å². The highest BCUT2D eigenvalue weighted by Gasteiger charge is 2.20. The third-order valence-corrected chi connectivity index (χ3v) is 6.69. The third kappa shape index (κ3) is 5.63. The van der Waals surface area contributed by atoms with Gasteiger partial charge in [-0.15, -0.1) is 0 Å². The van der Waals surface area contributed by atoms with E-state index >= 15 is 0 Å². The lowest BCUT2D eigenvalue weighted by molar-refractivity contribution is 0.0599. The van der Waals surface area contributed by atoms with Crippen LogP contribution in [-0.2, 0) is 21.3 Å². The summed E-state index contributed by atoms with van der Waals surface area (Å²) in [5.41, 5.74) is 5.10. The molecule has 34 heavy (non-hydrogen) atoms. The number of rotatable bonds is 7. The van der Waals surface area contributed by atoms with Gasteiger partial charge in [-0.2, -0.15) is 0 Å². The van der Waals surface area contributed by atoms with Crippen LogP contribution >= 0.6 is 0 Å². The van der Waals surface area contributed by atoms with Gasteiger partial charge in [-0.3, -0.25) is 9.10 Å². The van der Waals surface area contributed by atoms with E-state index in [2.05, 4.69) is 5.32 Å². The van der Waals surface area contributed by atoms with Crippen molar-refractivity contribution in [3.05, 3.63) is 94.0 Å². The summed E-state index contributed by atoms with van der Waals surface area (Å²) in [5, 5.41) is 2.82. The number of sulfonamides is 1. The van der Waals surface area contributed by atoms with E-state index in [0.717, 1.165) is 16.7 Å². The number of anilines is 2. The molecule has 0 heterocycles. The monoisotopic (exact) mass is 480 g/mol. The van der Waals surface area contributed by atoms with E-state index in [0.29, 0.717) is 28.1 Å². The largest absolute Gasteiger partial charge is 0.465 e. The van der Waals surface area contributed by atoms with Crippen molar-refractivity contribution < 1.29 is 22.7 Å². The zero-order valence-corrected chi connectivity index (χ0v) is 20.7. The SMILES string of the molecule is COC(=O)c1cccc(NC(=O)c2ccc(CN(c3cc(C)ccc3C)S(C)(=O)=O)cc2)c1C. The van der Waals surface area contributed by atoms with Crippen molar-refractivity contribution in [2.24, 2.45) is 0 Å². The third-order valence-electron chi connectivity index (χ3n) is 5.56. The highest BCUT2D eigenvalue weighted by atomic mass is 32.2. The van der Waals surface area contributed by atoms with Gasteiger partial charge in [0.15, 0.2) is 0 Å². The van der Waals surface area contributed by atoms with Crippen molar-refractivity contribution in [1.29, 1.82) is 0 Å². The van der Waals surface area contributed by atoms with Crippen molar-refractivity contribution >= 4 is 33.3 Å². The van der Waals surface area contributed by atoms with E-state index in [1.807, 2.05) is 32.0 Å². The van der Waals surface area contributed by atoms with Gasteiger partial charge in [-0.1, -0.05) is 30.3 Å². The first-order valence-electron chi connectivity index (χ1n) is 10.6. The zero-order chi connectivity index (χ0) is 25.0. The summed E-state index contributed by atoms with van der Waals surface area (Å²) in [6.07, 6.45) is 1.18. The molecule has 0 atom stereocenters. The van der Waals surface area contributed by atoms with Crippen LogP contribution < -0.4 is 9.62 Å². The molecule has 0 aromatic heterocycles. The first kappa shape index (κ1) is 25.0. The number of methoxy groups -OCH3 is 1. The van der Waals surface area contributed by atoms with Gasteiger partial charge in [-0.05, 0) is 73.4 Å². The first-order chi connectivity index (χ1) is 16.0. The first-order valence-corrected chi connectivity index (χ1v) is 12.5. The molecular formula is C26H28N2O5S. The Morgan fingerprint density at radius 3 is 2.26 bits per heavy atom. The fourth-order valence-electron chi connectivity index (χ4n) is 3.59. The van der Waals surface area contributed by atoms with Gasteiger partial charge in [-0.25, -0.2) is 13.2 Å². The fourth-order valence-corrected chi connectivity index (χ4v) is 4.53. The molecule has 1 amide bonds. The van der Waals surface area contributed by atoms with Crippen LogP contribution in [0.5, 0.6) is 0 Å². The summed E-state index contributed by atoms with van der Waals surface area (Å²) in [6.45, 7) is 5.67. The number of amides is 1. The molecular weight excluding hydrogens is 452 g/mol. The number of ether oxygens (including phenoxy) is 1. The summed E-state index contributed by atoms with van der Waals surface area (Å²) in [6, 6.07) is 17.5. The molecule has 1 N–H and O–H groups in total. The average molecular weight is 481 g/mol. The van der Waals surface area contributed by atoms with Gasteiger partial charge in [0.1, 0.15) is 0 Å². The van der Waals surface area contributed by atoms with Crippen LogP contribution in [0.25, 0.3) is 0 Å². The molecule has 0 aliphatic carbocycles. The van der Waals surface area contributed by atoms with Crippen molar-refractivity contribution in [3.8, 4) is 0 Å². The molecule has 0 aliphatic rings. The number of esters is 1. The standard InChI is InChI=1S/C26H28N2O5S/c1-17-9-10-18(2)24(15-17)28(34(5,31)32)16-20-11-13-21(14-12-20)25(29)27-23-8-6-7-22(19(23)3)26(30)33-4/h6-15H,16H2,1-5H3,(H,27,29). The second-order valence-electron chi connectivity index (χ2n) is 8.18. The molecule has 0 radical (unpaired) electrons. The minimum Gasteiger partial charge on any atom is -0.465 e. The minimum absolute atomic E-state index is 0.144. The molecule has 178 valence electrons. The maximum Gasteiger partial charge on any atom is 0.338 e. The number of nitrogens with zero attached hydrogens (tertiary/aromatic N) is 1. The molecule has 3 aromatic rings. The van der Waals surface area contributed by atoms with E-state index in [9.17, 15) is 18.0 Å². The van der Waals surface area contributed by atoms with Gasteiger partial charge in [0, 0.05) is 11.3 Å². The summed E-state index contributed by atoms with van der Waals surface area (Å²) in [7, 11) is -2.22. The van der Waals surface area contributed by atoms with Crippen molar-refractivity contribution in [2.75, 3.05) is 23.0 Å². The van der Waals surface area contributed by atoms with Crippen LogP contribution in [0.3, 0.4) is 0 Å². The predicted octanol–water partition coefficient (Wildman–Crippen LogP) is 4.62. The Morgan fingerprint density at radius 1 is 0.971 bits per heavy atom. The van der Waals surface area contributed by atoms with E-state index in [-0.39, 0.29) is 12.5 Å². The van der Waals surface area contributed by atoms with Gasteiger partial charge >= 0.3 is 5.97 Å². The highest BCUT2D eigenvalue weighted by molar-refractivity contribution is 7.92.